The topological polar surface area (TPSA) is 68.3 Å². The Balaban J connectivity index is 2.44. The Labute approximate surface area is 95.6 Å². The molecule has 0 saturated heterocycles. The number of hydrogen-bond acceptors (Lipinski definition) is 4. The lowest BCUT2D eigenvalue weighted by atomic mass is 10.2. The van der Waals surface area contributed by atoms with Crippen LogP contribution < -0.4 is 15.2 Å². The van der Waals surface area contributed by atoms with Crippen LogP contribution in [0, 0.1) is 11.3 Å². The number of methoxy groups -OCH3 is 1. The largest absolute Gasteiger partial charge is 0.493 e. The maximum absolute atomic E-state index is 8.37. The molecule has 0 unspecified atom stereocenters. The van der Waals surface area contributed by atoms with Gasteiger partial charge in [0.15, 0.2) is 11.5 Å². The third-order valence-corrected chi connectivity index (χ3v) is 2.13. The van der Waals surface area contributed by atoms with Crippen molar-refractivity contribution >= 4 is 5.69 Å². The molecule has 0 amide bonds. The van der Waals surface area contributed by atoms with Crippen molar-refractivity contribution in [1.29, 1.82) is 5.26 Å². The highest BCUT2D eigenvalue weighted by Gasteiger charge is 2.03. The van der Waals surface area contributed by atoms with Gasteiger partial charge in [0.25, 0.3) is 0 Å². The minimum Gasteiger partial charge on any atom is -0.493 e. The minimum atomic E-state index is 0.572. The van der Waals surface area contributed by atoms with E-state index in [4.69, 9.17) is 20.5 Å². The molecule has 16 heavy (non-hydrogen) atoms. The van der Waals surface area contributed by atoms with Gasteiger partial charge in [-0.25, -0.2) is 0 Å². The van der Waals surface area contributed by atoms with Crippen LogP contribution in [0.1, 0.15) is 19.3 Å². The van der Waals surface area contributed by atoms with E-state index in [1.165, 1.54) is 0 Å². The molecular formula is C12H16N2O2. The van der Waals surface area contributed by atoms with Gasteiger partial charge in [-0.2, -0.15) is 5.26 Å². The summed E-state index contributed by atoms with van der Waals surface area (Å²) in [6, 6.07) is 7.39. The van der Waals surface area contributed by atoms with Crippen molar-refractivity contribution in [3.05, 3.63) is 18.2 Å². The molecule has 0 spiro atoms. The number of benzene rings is 1. The van der Waals surface area contributed by atoms with E-state index in [1.807, 2.05) is 0 Å². The molecule has 0 aliphatic heterocycles. The van der Waals surface area contributed by atoms with E-state index >= 15 is 0 Å². The predicted octanol–water partition coefficient (Wildman–Crippen LogP) is 2.35. The number of hydrogen-bond donors (Lipinski definition) is 1. The molecular weight excluding hydrogens is 204 g/mol. The van der Waals surface area contributed by atoms with Gasteiger partial charge in [-0.05, 0) is 25.0 Å². The number of nitrogen functional groups attached to an aromatic ring is 1. The van der Waals surface area contributed by atoms with Crippen LogP contribution in [0.15, 0.2) is 18.2 Å². The number of unbranched alkanes of at least 4 members (excludes halogenated alkanes) is 2. The lowest BCUT2D eigenvalue weighted by Gasteiger charge is -2.10. The van der Waals surface area contributed by atoms with E-state index in [-0.39, 0.29) is 0 Å². The zero-order chi connectivity index (χ0) is 11.8. The van der Waals surface area contributed by atoms with Crippen LogP contribution in [0.2, 0.25) is 0 Å². The molecule has 0 fully saturated rings. The zero-order valence-corrected chi connectivity index (χ0v) is 9.40. The lowest BCUT2D eigenvalue weighted by Crippen LogP contribution is -1.99. The highest BCUT2D eigenvalue weighted by atomic mass is 16.5. The van der Waals surface area contributed by atoms with E-state index < -0.39 is 0 Å². The van der Waals surface area contributed by atoms with Crippen molar-refractivity contribution in [3.63, 3.8) is 0 Å². The van der Waals surface area contributed by atoms with Gasteiger partial charge in [-0.15, -0.1) is 0 Å². The second kappa shape index (κ2) is 6.57. The Morgan fingerprint density at radius 3 is 2.81 bits per heavy atom. The smallest absolute Gasteiger partial charge is 0.162 e. The van der Waals surface area contributed by atoms with Crippen molar-refractivity contribution in [3.8, 4) is 17.6 Å². The van der Waals surface area contributed by atoms with E-state index in [0.29, 0.717) is 30.2 Å². The summed E-state index contributed by atoms with van der Waals surface area (Å²) in [6.45, 7) is 0.585. The Hall–Kier alpha value is -1.89. The van der Waals surface area contributed by atoms with Crippen molar-refractivity contribution in [2.75, 3.05) is 19.5 Å². The maximum atomic E-state index is 8.37. The molecule has 4 heteroatoms. The Morgan fingerprint density at radius 1 is 1.31 bits per heavy atom. The quantitative estimate of drug-likeness (QED) is 0.590. The summed E-state index contributed by atoms with van der Waals surface area (Å²) >= 11 is 0. The number of nitrogens with zero attached hydrogens (tertiary/aromatic N) is 1. The third kappa shape index (κ3) is 3.70. The summed E-state index contributed by atoms with van der Waals surface area (Å²) in [7, 11) is 1.58. The number of anilines is 1. The number of ether oxygens (including phenoxy) is 2. The molecule has 2 N–H and O–H groups in total. The molecule has 0 aliphatic carbocycles. The number of nitrogens with two attached hydrogens (primary N) is 1. The van der Waals surface area contributed by atoms with Gasteiger partial charge < -0.3 is 15.2 Å². The molecule has 0 aromatic heterocycles. The van der Waals surface area contributed by atoms with Crippen molar-refractivity contribution in [2.24, 2.45) is 0 Å². The lowest BCUT2D eigenvalue weighted by molar-refractivity contribution is 0.287. The van der Waals surface area contributed by atoms with E-state index in [1.54, 1.807) is 25.3 Å². The van der Waals surface area contributed by atoms with Gasteiger partial charge in [0.05, 0.1) is 19.8 Å². The normalized spacial score (nSPS) is 9.50. The van der Waals surface area contributed by atoms with Gasteiger partial charge in [-0.3, -0.25) is 0 Å². The minimum absolute atomic E-state index is 0.572. The molecule has 0 bridgehead atoms. The molecule has 4 nitrogen and oxygen atoms in total. The molecule has 0 radical (unpaired) electrons. The molecule has 0 heterocycles. The van der Waals surface area contributed by atoms with Crippen molar-refractivity contribution < 1.29 is 9.47 Å². The fourth-order valence-electron chi connectivity index (χ4n) is 1.29. The second-order valence-electron chi connectivity index (χ2n) is 3.37. The van der Waals surface area contributed by atoms with E-state index in [2.05, 4.69) is 6.07 Å². The number of rotatable bonds is 6. The summed E-state index contributed by atoms with van der Waals surface area (Å²) in [5, 5.41) is 8.37. The monoisotopic (exact) mass is 220 g/mol. The summed E-state index contributed by atoms with van der Waals surface area (Å²) in [5.41, 5.74) is 6.27. The number of nitriles is 1. The van der Waals surface area contributed by atoms with Crippen LogP contribution in [0.5, 0.6) is 11.5 Å². The van der Waals surface area contributed by atoms with Crippen LogP contribution in [-0.4, -0.2) is 13.7 Å². The predicted molar refractivity (Wildman–Crippen MR) is 62.4 cm³/mol. The third-order valence-electron chi connectivity index (χ3n) is 2.13. The Kier molecular flexibility index (Phi) is 5.00. The van der Waals surface area contributed by atoms with E-state index in [0.717, 1.165) is 12.8 Å². The summed E-state index contributed by atoms with van der Waals surface area (Å²) in [4.78, 5) is 0. The van der Waals surface area contributed by atoms with Gasteiger partial charge >= 0.3 is 0 Å². The van der Waals surface area contributed by atoms with Crippen molar-refractivity contribution in [2.45, 2.75) is 19.3 Å². The molecule has 0 atom stereocenters. The molecule has 1 aromatic carbocycles. The zero-order valence-electron chi connectivity index (χ0n) is 9.40. The highest BCUT2D eigenvalue weighted by molar-refractivity contribution is 5.51. The van der Waals surface area contributed by atoms with E-state index in [9.17, 15) is 0 Å². The summed E-state index contributed by atoms with van der Waals surface area (Å²) < 4.78 is 10.7. The Bertz CT molecular complexity index is 372. The first-order valence-corrected chi connectivity index (χ1v) is 5.21. The first kappa shape index (κ1) is 12.2. The maximum Gasteiger partial charge on any atom is 0.162 e. The van der Waals surface area contributed by atoms with Gasteiger partial charge in [-0.1, -0.05) is 0 Å². The standard InChI is InChI=1S/C12H16N2O2/c1-15-12-9-10(14)5-6-11(12)16-8-4-2-3-7-13/h5-6,9H,2-4,8,14H2,1H3. The van der Waals surface area contributed by atoms with Gasteiger partial charge in [0.2, 0.25) is 0 Å². The average Bonchev–Trinajstić information content (AvgIpc) is 2.30. The Morgan fingerprint density at radius 2 is 2.12 bits per heavy atom. The second-order valence-corrected chi connectivity index (χ2v) is 3.37. The van der Waals surface area contributed by atoms with Crippen LogP contribution in [-0.2, 0) is 0 Å². The van der Waals surface area contributed by atoms with Crippen LogP contribution >= 0.6 is 0 Å². The molecule has 0 aliphatic rings. The summed E-state index contributed by atoms with van der Waals surface area (Å²) in [5.74, 6) is 1.33. The summed E-state index contributed by atoms with van der Waals surface area (Å²) in [6.07, 6.45) is 2.29. The van der Waals surface area contributed by atoms with Gasteiger partial charge in [0.1, 0.15) is 0 Å². The molecule has 1 aromatic rings. The van der Waals surface area contributed by atoms with Crippen LogP contribution in [0.4, 0.5) is 5.69 Å². The fraction of sp³-hybridized carbons (Fsp3) is 0.417. The SMILES string of the molecule is COc1cc(N)ccc1OCCCCC#N. The van der Waals surface area contributed by atoms with Crippen LogP contribution in [0.3, 0.4) is 0 Å². The molecule has 0 saturated carbocycles. The fourth-order valence-corrected chi connectivity index (χ4v) is 1.29. The molecule has 1 rings (SSSR count). The average molecular weight is 220 g/mol. The first-order valence-electron chi connectivity index (χ1n) is 5.21. The highest BCUT2D eigenvalue weighted by Crippen LogP contribution is 2.29. The van der Waals surface area contributed by atoms with Crippen LogP contribution in [0.25, 0.3) is 0 Å². The molecule has 86 valence electrons. The first-order chi connectivity index (χ1) is 7.77. The van der Waals surface area contributed by atoms with Gasteiger partial charge in [0, 0.05) is 18.2 Å². The van der Waals surface area contributed by atoms with Crippen molar-refractivity contribution in [1.82, 2.24) is 0 Å².